The van der Waals surface area contributed by atoms with Crippen LogP contribution in [-0.4, -0.2) is 36.5 Å². The van der Waals surface area contributed by atoms with Gasteiger partial charge >= 0.3 is 12.1 Å². The minimum Gasteiger partial charge on any atom is -0.465 e. The van der Waals surface area contributed by atoms with E-state index < -0.39 is 40.3 Å². The zero-order valence-electron chi connectivity index (χ0n) is 14.9. The van der Waals surface area contributed by atoms with Gasteiger partial charge in [-0.2, -0.15) is 13.2 Å². The van der Waals surface area contributed by atoms with Crippen molar-refractivity contribution in [2.24, 2.45) is 0 Å². The quantitative estimate of drug-likeness (QED) is 0.442. The third-order valence-corrected chi connectivity index (χ3v) is 5.28. The summed E-state index contributed by atoms with van der Waals surface area (Å²) >= 11 is 1.17. The second-order valence-electron chi connectivity index (χ2n) is 6.09. The molecule has 0 saturated carbocycles. The van der Waals surface area contributed by atoms with Crippen molar-refractivity contribution in [1.82, 2.24) is 0 Å². The number of nitrogens with zero attached hydrogens (tertiary/aromatic N) is 2. The van der Waals surface area contributed by atoms with Crippen LogP contribution in [0.3, 0.4) is 0 Å². The molecule has 3 rings (SSSR count). The zero-order valence-corrected chi connectivity index (χ0v) is 15.7. The molecule has 1 aliphatic rings. The molecule has 12 heteroatoms. The first-order valence-electron chi connectivity index (χ1n) is 8.23. The molecule has 1 aromatic carbocycles. The molecule has 1 fully saturated rings. The zero-order chi connectivity index (χ0) is 21.3. The summed E-state index contributed by atoms with van der Waals surface area (Å²) in [6.45, 7) is 0.250. The predicted octanol–water partition coefficient (Wildman–Crippen LogP) is 3.68. The summed E-state index contributed by atoms with van der Waals surface area (Å²) in [5.74, 6) is -1.03. The van der Waals surface area contributed by atoms with Gasteiger partial charge in [0.15, 0.2) is 0 Å². The van der Waals surface area contributed by atoms with Crippen LogP contribution >= 0.6 is 11.3 Å². The molecule has 0 bridgehead atoms. The van der Waals surface area contributed by atoms with E-state index in [1.165, 1.54) is 29.4 Å². The number of halogens is 3. The van der Waals surface area contributed by atoms with Gasteiger partial charge < -0.3 is 15.0 Å². The van der Waals surface area contributed by atoms with E-state index in [4.69, 9.17) is 0 Å². The van der Waals surface area contributed by atoms with E-state index in [-0.39, 0.29) is 24.2 Å². The molecular weight excluding hydrogens is 415 g/mol. The van der Waals surface area contributed by atoms with Crippen molar-refractivity contribution in [2.45, 2.75) is 18.6 Å². The third-order valence-electron chi connectivity index (χ3n) is 4.34. The van der Waals surface area contributed by atoms with E-state index >= 15 is 0 Å². The van der Waals surface area contributed by atoms with Gasteiger partial charge in [0.2, 0.25) is 5.91 Å². The lowest BCUT2D eigenvalue weighted by molar-refractivity contribution is -0.388. The number of hydrogen-bond acceptors (Lipinski definition) is 7. The Balaban J connectivity index is 1.82. The van der Waals surface area contributed by atoms with Crippen molar-refractivity contribution in [3.63, 3.8) is 0 Å². The maximum atomic E-state index is 13.1. The normalized spacial score (nSPS) is 16.8. The Morgan fingerprint density at radius 1 is 1.38 bits per heavy atom. The molecule has 1 aromatic heterocycles. The van der Waals surface area contributed by atoms with Crippen LogP contribution in [0.4, 0.5) is 29.5 Å². The first kappa shape index (κ1) is 20.6. The number of rotatable bonds is 5. The summed E-state index contributed by atoms with van der Waals surface area (Å²) in [5, 5.41) is 15.6. The molecule has 0 spiro atoms. The van der Waals surface area contributed by atoms with Gasteiger partial charge in [0, 0.05) is 18.3 Å². The highest BCUT2D eigenvalue weighted by Gasteiger charge is 2.39. The van der Waals surface area contributed by atoms with Gasteiger partial charge in [-0.1, -0.05) is 0 Å². The van der Waals surface area contributed by atoms with Crippen molar-refractivity contribution in [3.8, 4) is 0 Å². The van der Waals surface area contributed by atoms with E-state index in [1.54, 1.807) is 5.38 Å². The first-order valence-corrected chi connectivity index (χ1v) is 9.10. The fourth-order valence-electron chi connectivity index (χ4n) is 3.00. The molecular formula is C17H14F3N3O5S. The van der Waals surface area contributed by atoms with E-state index in [0.717, 1.165) is 12.1 Å². The van der Waals surface area contributed by atoms with E-state index in [2.05, 4.69) is 10.1 Å². The second-order valence-corrected chi connectivity index (χ2v) is 6.99. The summed E-state index contributed by atoms with van der Waals surface area (Å²) in [6.07, 6.45) is -4.64. The lowest BCUT2D eigenvalue weighted by atomic mass is 10.1. The number of alkyl halides is 3. The van der Waals surface area contributed by atoms with Crippen LogP contribution in [0.15, 0.2) is 29.6 Å². The molecule has 1 saturated heterocycles. The highest BCUT2D eigenvalue weighted by atomic mass is 32.1. The van der Waals surface area contributed by atoms with Gasteiger partial charge in [-0.25, -0.2) is 4.79 Å². The van der Waals surface area contributed by atoms with Gasteiger partial charge in [-0.05, 0) is 30.0 Å². The number of hydrogen-bond donors (Lipinski definition) is 1. The Hall–Kier alpha value is -3.15. The maximum absolute atomic E-state index is 13.1. The molecule has 1 amide bonds. The van der Waals surface area contributed by atoms with Crippen LogP contribution in [-0.2, 0) is 15.7 Å². The highest BCUT2D eigenvalue weighted by molar-refractivity contribution is 7.14. The number of nitro benzene ring substituents is 1. The van der Waals surface area contributed by atoms with E-state index in [9.17, 15) is 32.9 Å². The van der Waals surface area contributed by atoms with Crippen LogP contribution in [0, 0.1) is 10.1 Å². The molecule has 2 heterocycles. The Morgan fingerprint density at radius 2 is 2.10 bits per heavy atom. The lowest BCUT2D eigenvalue weighted by Crippen LogP contribution is -2.33. The Bertz CT molecular complexity index is 975. The van der Waals surface area contributed by atoms with Crippen LogP contribution in [0.2, 0.25) is 0 Å². The first-order chi connectivity index (χ1) is 13.6. The number of benzene rings is 1. The summed E-state index contributed by atoms with van der Waals surface area (Å²) in [4.78, 5) is 35.6. The van der Waals surface area contributed by atoms with Crippen LogP contribution in [0.5, 0.6) is 0 Å². The number of anilines is 2. The Kier molecular flexibility index (Phi) is 5.46. The number of thiophene rings is 1. The Labute approximate surface area is 166 Å². The molecule has 0 radical (unpaired) electrons. The molecule has 1 N–H and O–H groups in total. The van der Waals surface area contributed by atoms with Crippen LogP contribution in [0.1, 0.15) is 22.3 Å². The van der Waals surface area contributed by atoms with Crippen molar-refractivity contribution in [2.75, 3.05) is 23.9 Å². The minimum atomic E-state index is -4.92. The standard InChI is InChI=1S/C17H14F3N3O5S/c1-28-16(25)10-5-7-29-15(10)22-6-4-12(14(22)24)21-9-2-3-13(23(26)27)11(8-9)17(18,19)20/h2-3,5,7-8,12,21H,4,6H2,1H3. The third kappa shape index (κ3) is 4.01. The SMILES string of the molecule is COC(=O)c1ccsc1N1CCC(Nc2ccc([N+](=O)[O-])c(C(F)(F)F)c2)C1=O. The summed E-state index contributed by atoms with van der Waals surface area (Å²) in [5.41, 5.74) is -2.31. The number of methoxy groups -OCH3 is 1. The number of ether oxygens (including phenoxy) is 1. The summed E-state index contributed by atoms with van der Waals surface area (Å²) in [6, 6.07) is 3.15. The molecule has 8 nitrogen and oxygen atoms in total. The lowest BCUT2D eigenvalue weighted by Gasteiger charge is -2.18. The van der Waals surface area contributed by atoms with Gasteiger partial charge in [-0.15, -0.1) is 11.3 Å². The average molecular weight is 429 g/mol. The molecule has 29 heavy (non-hydrogen) atoms. The van der Waals surface area contributed by atoms with Crippen molar-refractivity contribution in [1.29, 1.82) is 0 Å². The fraction of sp³-hybridized carbons (Fsp3) is 0.294. The molecule has 0 aliphatic carbocycles. The minimum absolute atomic E-state index is 0.0671. The fourth-order valence-corrected chi connectivity index (χ4v) is 3.92. The number of esters is 1. The van der Waals surface area contributed by atoms with Crippen LogP contribution < -0.4 is 10.2 Å². The molecule has 1 unspecified atom stereocenters. The predicted molar refractivity (Wildman–Crippen MR) is 98.1 cm³/mol. The molecule has 2 aromatic rings. The maximum Gasteiger partial charge on any atom is 0.423 e. The van der Waals surface area contributed by atoms with Crippen LogP contribution in [0.25, 0.3) is 0 Å². The number of amides is 1. The van der Waals surface area contributed by atoms with Crippen molar-refractivity contribution in [3.05, 3.63) is 50.9 Å². The number of nitro groups is 1. The van der Waals surface area contributed by atoms with Gasteiger partial charge in [-0.3, -0.25) is 14.9 Å². The van der Waals surface area contributed by atoms with Gasteiger partial charge in [0.1, 0.15) is 16.6 Å². The average Bonchev–Trinajstić information content (AvgIpc) is 3.27. The van der Waals surface area contributed by atoms with Crippen molar-refractivity contribution >= 4 is 39.6 Å². The van der Waals surface area contributed by atoms with Gasteiger partial charge in [0.25, 0.3) is 5.69 Å². The highest BCUT2D eigenvalue weighted by Crippen LogP contribution is 2.38. The molecule has 1 aliphatic heterocycles. The number of carbonyl (C=O) groups excluding carboxylic acids is 2. The van der Waals surface area contributed by atoms with Crippen molar-refractivity contribution < 1.29 is 32.4 Å². The topological polar surface area (TPSA) is 102 Å². The van der Waals surface area contributed by atoms with E-state index in [0.29, 0.717) is 11.1 Å². The van der Waals surface area contributed by atoms with E-state index in [1.807, 2.05) is 0 Å². The Morgan fingerprint density at radius 3 is 2.72 bits per heavy atom. The summed E-state index contributed by atoms with van der Waals surface area (Å²) in [7, 11) is 1.22. The van der Waals surface area contributed by atoms with Gasteiger partial charge in [0.05, 0.1) is 17.6 Å². The smallest absolute Gasteiger partial charge is 0.423 e. The monoisotopic (exact) mass is 429 g/mol. The largest absolute Gasteiger partial charge is 0.465 e. The number of nitrogens with one attached hydrogen (secondary N) is 1. The number of carbonyl (C=O) groups is 2. The molecule has 154 valence electrons. The summed E-state index contributed by atoms with van der Waals surface area (Å²) < 4.78 is 44.1. The molecule has 1 atom stereocenters. The second kappa shape index (κ2) is 7.70.